The Bertz CT molecular complexity index is 1080. The number of aromatic hydroxyl groups is 1. The Morgan fingerprint density at radius 1 is 1.10 bits per heavy atom. The van der Waals surface area contributed by atoms with Gasteiger partial charge in [0.15, 0.2) is 5.75 Å². The molecule has 1 amide bonds. The van der Waals surface area contributed by atoms with Crippen LogP contribution in [-0.2, 0) is 4.79 Å². The van der Waals surface area contributed by atoms with Gasteiger partial charge in [-0.15, -0.1) is 0 Å². The monoisotopic (exact) mass is 538 g/mol. The lowest BCUT2D eigenvalue weighted by atomic mass is 10.0. The largest absolute Gasteiger partial charge is 0.507 e. The summed E-state index contributed by atoms with van der Waals surface area (Å²) in [6.07, 6.45) is 0.750. The molecule has 0 bridgehead atoms. The van der Waals surface area contributed by atoms with E-state index in [4.69, 9.17) is 21.5 Å². The van der Waals surface area contributed by atoms with Gasteiger partial charge in [0.05, 0.1) is 8.95 Å². The fourth-order valence-corrected chi connectivity index (χ4v) is 4.08. The van der Waals surface area contributed by atoms with Gasteiger partial charge in [0.1, 0.15) is 17.7 Å². The normalized spacial score (nSPS) is 10.9. The Labute approximate surface area is 188 Å². The molecule has 0 aliphatic carbocycles. The highest BCUT2D eigenvalue weighted by atomic mass is 79.9. The number of rotatable bonds is 5. The van der Waals surface area contributed by atoms with Crippen LogP contribution in [0.3, 0.4) is 0 Å². The van der Waals surface area contributed by atoms with E-state index in [9.17, 15) is 9.90 Å². The number of phenolic OH excluding ortho intramolecular Hbond substituents is 1. The molecule has 0 saturated heterocycles. The Morgan fingerprint density at radius 3 is 2.48 bits per heavy atom. The summed E-state index contributed by atoms with van der Waals surface area (Å²) in [4.78, 5) is 11.5. The fourth-order valence-electron chi connectivity index (χ4n) is 2.54. The number of halogens is 3. The minimum Gasteiger partial charge on any atom is -0.507 e. The van der Waals surface area contributed by atoms with Gasteiger partial charge in [-0.05, 0) is 79.9 Å². The highest BCUT2D eigenvalue weighted by molar-refractivity contribution is 9.11. The standard InChI is InChI=1S/C20H13Br2ClN2O4/c21-16-7-13(25-19(27)10-24-28)8-17(22)20(16)29-14-4-5-18(26)15(9-14)11-2-1-3-12(23)6-11/h1-10,26,28H,(H,25,27)/b24-10+. The average molecular weight is 541 g/mol. The number of nitrogens with one attached hydrogen (secondary N) is 1. The number of carbonyl (C=O) groups is 1. The van der Waals surface area contributed by atoms with Crippen LogP contribution in [0.25, 0.3) is 11.1 Å². The van der Waals surface area contributed by atoms with Crippen molar-refractivity contribution in [1.82, 2.24) is 0 Å². The van der Waals surface area contributed by atoms with Crippen molar-refractivity contribution in [1.29, 1.82) is 0 Å². The van der Waals surface area contributed by atoms with Crippen molar-refractivity contribution in [2.24, 2.45) is 5.16 Å². The van der Waals surface area contributed by atoms with Crippen LogP contribution in [0.5, 0.6) is 17.2 Å². The van der Waals surface area contributed by atoms with Crippen molar-refractivity contribution in [2.75, 3.05) is 5.32 Å². The Balaban J connectivity index is 1.90. The number of phenols is 1. The van der Waals surface area contributed by atoms with E-state index in [1.54, 1.807) is 42.5 Å². The topological polar surface area (TPSA) is 91.2 Å². The molecule has 3 rings (SSSR count). The fraction of sp³-hybridized carbons (Fsp3) is 0. The van der Waals surface area contributed by atoms with Gasteiger partial charge in [0, 0.05) is 16.3 Å². The van der Waals surface area contributed by atoms with Gasteiger partial charge in [0.25, 0.3) is 5.91 Å². The summed E-state index contributed by atoms with van der Waals surface area (Å²) >= 11 is 12.9. The van der Waals surface area contributed by atoms with Crippen molar-refractivity contribution in [3.63, 3.8) is 0 Å². The summed E-state index contributed by atoms with van der Waals surface area (Å²) in [5.74, 6) is 0.482. The van der Waals surface area contributed by atoms with Gasteiger partial charge in [-0.3, -0.25) is 4.79 Å². The number of carbonyl (C=O) groups excluding carboxylic acids is 1. The van der Waals surface area contributed by atoms with Crippen LogP contribution < -0.4 is 10.1 Å². The van der Waals surface area contributed by atoms with Gasteiger partial charge in [-0.2, -0.15) is 0 Å². The lowest BCUT2D eigenvalue weighted by molar-refractivity contribution is -0.110. The predicted molar refractivity (Wildman–Crippen MR) is 119 cm³/mol. The molecule has 9 heteroatoms. The summed E-state index contributed by atoms with van der Waals surface area (Å²) < 4.78 is 7.12. The van der Waals surface area contributed by atoms with Gasteiger partial charge in [-0.1, -0.05) is 28.9 Å². The number of anilines is 1. The lowest BCUT2D eigenvalue weighted by Gasteiger charge is -2.14. The smallest absolute Gasteiger partial charge is 0.270 e. The molecule has 0 radical (unpaired) electrons. The third-order valence-corrected chi connectivity index (χ3v) is 5.18. The molecular weight excluding hydrogens is 527 g/mol. The van der Waals surface area contributed by atoms with Crippen LogP contribution >= 0.6 is 43.5 Å². The predicted octanol–water partition coefficient (Wildman–Crippen LogP) is 6.43. The molecular formula is C20H13Br2ClN2O4. The van der Waals surface area contributed by atoms with E-state index in [0.29, 0.717) is 36.7 Å². The highest BCUT2D eigenvalue weighted by Crippen LogP contribution is 2.41. The molecule has 0 saturated carbocycles. The van der Waals surface area contributed by atoms with Crippen molar-refractivity contribution < 1.29 is 19.8 Å². The molecule has 29 heavy (non-hydrogen) atoms. The van der Waals surface area contributed by atoms with Crippen molar-refractivity contribution in [3.05, 3.63) is 68.6 Å². The number of benzene rings is 3. The van der Waals surface area contributed by atoms with E-state index in [1.807, 2.05) is 6.07 Å². The van der Waals surface area contributed by atoms with Crippen LogP contribution in [0.15, 0.2) is 68.7 Å². The minimum atomic E-state index is -0.579. The van der Waals surface area contributed by atoms with Crippen LogP contribution in [0.2, 0.25) is 5.02 Å². The maximum atomic E-state index is 11.5. The minimum absolute atomic E-state index is 0.0985. The molecule has 0 fully saturated rings. The number of ether oxygens (including phenoxy) is 1. The number of nitrogens with zero attached hydrogens (tertiary/aromatic N) is 1. The number of amides is 1. The van der Waals surface area contributed by atoms with Crippen LogP contribution in [0, 0.1) is 0 Å². The first-order chi connectivity index (χ1) is 13.9. The third kappa shape index (κ3) is 5.29. The quantitative estimate of drug-likeness (QED) is 0.198. The Morgan fingerprint density at radius 2 is 1.83 bits per heavy atom. The van der Waals surface area contributed by atoms with E-state index in [2.05, 4.69) is 42.3 Å². The molecule has 0 aliphatic heterocycles. The second-order valence-corrected chi connectivity index (χ2v) is 7.94. The molecule has 0 aliphatic rings. The molecule has 3 N–H and O–H groups in total. The van der Waals surface area contributed by atoms with E-state index < -0.39 is 5.91 Å². The van der Waals surface area contributed by atoms with E-state index in [0.717, 1.165) is 11.8 Å². The zero-order chi connectivity index (χ0) is 21.0. The molecule has 0 spiro atoms. The van der Waals surface area contributed by atoms with Gasteiger partial charge in [0.2, 0.25) is 0 Å². The van der Waals surface area contributed by atoms with E-state index >= 15 is 0 Å². The number of hydrogen-bond acceptors (Lipinski definition) is 5. The molecule has 3 aromatic rings. The molecule has 148 valence electrons. The van der Waals surface area contributed by atoms with E-state index in [1.165, 1.54) is 6.07 Å². The van der Waals surface area contributed by atoms with Gasteiger partial charge >= 0.3 is 0 Å². The number of hydrogen-bond donors (Lipinski definition) is 3. The van der Waals surface area contributed by atoms with Crippen molar-refractivity contribution in [2.45, 2.75) is 0 Å². The van der Waals surface area contributed by atoms with E-state index in [-0.39, 0.29) is 5.75 Å². The average Bonchev–Trinajstić information content (AvgIpc) is 2.66. The van der Waals surface area contributed by atoms with Crippen LogP contribution in [-0.4, -0.2) is 22.4 Å². The molecule has 0 atom stereocenters. The molecule has 6 nitrogen and oxygen atoms in total. The van der Waals surface area contributed by atoms with Crippen molar-refractivity contribution >= 4 is 61.3 Å². The first kappa shape index (κ1) is 21.2. The lowest BCUT2D eigenvalue weighted by Crippen LogP contribution is -2.12. The summed E-state index contributed by atoms with van der Waals surface area (Å²) in [6.45, 7) is 0. The molecule has 0 unspecified atom stereocenters. The SMILES string of the molecule is O=C(/C=N/O)Nc1cc(Br)c(Oc2ccc(O)c(-c3cccc(Cl)c3)c2)c(Br)c1. The van der Waals surface area contributed by atoms with Crippen LogP contribution in [0.1, 0.15) is 0 Å². The summed E-state index contributed by atoms with van der Waals surface area (Å²) in [5, 5.41) is 24.4. The zero-order valence-corrected chi connectivity index (χ0v) is 18.5. The second-order valence-electron chi connectivity index (χ2n) is 5.79. The first-order valence-corrected chi connectivity index (χ1v) is 10.1. The Hall–Kier alpha value is -2.55. The second kappa shape index (κ2) is 9.30. The third-order valence-electron chi connectivity index (χ3n) is 3.76. The maximum Gasteiger partial charge on any atom is 0.270 e. The summed E-state index contributed by atoms with van der Waals surface area (Å²) in [7, 11) is 0. The van der Waals surface area contributed by atoms with Crippen LogP contribution in [0.4, 0.5) is 5.69 Å². The van der Waals surface area contributed by atoms with Gasteiger partial charge in [-0.25, -0.2) is 0 Å². The van der Waals surface area contributed by atoms with Crippen molar-refractivity contribution in [3.8, 4) is 28.4 Å². The highest BCUT2D eigenvalue weighted by Gasteiger charge is 2.13. The molecule has 3 aromatic carbocycles. The first-order valence-electron chi connectivity index (χ1n) is 8.11. The maximum absolute atomic E-state index is 11.5. The summed E-state index contributed by atoms with van der Waals surface area (Å²) in [6, 6.07) is 15.3. The zero-order valence-electron chi connectivity index (χ0n) is 14.6. The molecule has 0 aromatic heterocycles. The Kier molecular flexibility index (Phi) is 6.79. The molecule has 0 heterocycles. The van der Waals surface area contributed by atoms with Gasteiger partial charge < -0.3 is 20.4 Å². The number of oxime groups is 1. The summed E-state index contributed by atoms with van der Waals surface area (Å²) in [5.41, 5.74) is 1.79.